The molecule has 1 nitrogen and oxygen atoms in total. The molecule has 0 saturated heterocycles. The Hall–Kier alpha value is -0.255. The SMILES string of the molecule is CC[N+](C)(C)C(C)(C)C.F[B-](F)(F)F. The van der Waals surface area contributed by atoms with Gasteiger partial charge in [0.15, 0.2) is 0 Å². The van der Waals surface area contributed by atoms with Gasteiger partial charge in [-0.05, 0) is 27.7 Å². The van der Waals surface area contributed by atoms with Crippen molar-refractivity contribution in [3.8, 4) is 0 Å². The van der Waals surface area contributed by atoms with Crippen LogP contribution in [0.25, 0.3) is 0 Å². The third-order valence-corrected chi connectivity index (χ3v) is 2.61. The van der Waals surface area contributed by atoms with Crippen LogP contribution in [0, 0.1) is 0 Å². The molecular weight excluding hydrogens is 197 g/mol. The fourth-order valence-corrected chi connectivity index (χ4v) is 0.474. The summed E-state index contributed by atoms with van der Waals surface area (Å²) in [6.07, 6.45) is 0. The summed E-state index contributed by atoms with van der Waals surface area (Å²) in [6.45, 7) is 10.2. The zero-order valence-corrected chi connectivity index (χ0v) is 9.74. The van der Waals surface area contributed by atoms with Crippen LogP contribution in [0.5, 0.6) is 0 Å². The van der Waals surface area contributed by atoms with E-state index < -0.39 is 7.25 Å². The summed E-state index contributed by atoms with van der Waals surface area (Å²) >= 11 is 0. The molecule has 0 unspecified atom stereocenters. The molecule has 0 aliphatic carbocycles. The maximum atomic E-state index is 9.75. The molecule has 0 aromatic rings. The highest BCUT2D eigenvalue weighted by Crippen LogP contribution is 2.17. The fourth-order valence-electron chi connectivity index (χ4n) is 0.474. The Kier molecular flexibility index (Phi) is 5.78. The molecule has 88 valence electrons. The maximum Gasteiger partial charge on any atom is 0.673 e. The summed E-state index contributed by atoms with van der Waals surface area (Å²) in [7, 11) is -1.47. The van der Waals surface area contributed by atoms with Gasteiger partial charge in [-0.25, -0.2) is 0 Å². The number of quaternary nitrogens is 1. The summed E-state index contributed by atoms with van der Waals surface area (Å²) in [5.41, 5.74) is 0.384. The zero-order chi connectivity index (χ0) is 12.2. The molecule has 0 bridgehead atoms. The highest BCUT2D eigenvalue weighted by molar-refractivity contribution is 6.50. The average molecular weight is 217 g/mol. The Morgan fingerprint density at radius 3 is 1.21 bits per heavy atom. The third kappa shape index (κ3) is 9.83. The van der Waals surface area contributed by atoms with E-state index in [0.29, 0.717) is 5.54 Å². The molecule has 0 saturated carbocycles. The highest BCUT2D eigenvalue weighted by atomic mass is 19.5. The van der Waals surface area contributed by atoms with Gasteiger partial charge in [0, 0.05) is 0 Å². The van der Waals surface area contributed by atoms with Gasteiger partial charge in [0.05, 0.1) is 26.2 Å². The minimum atomic E-state index is -6.00. The van der Waals surface area contributed by atoms with Gasteiger partial charge < -0.3 is 21.7 Å². The monoisotopic (exact) mass is 217 g/mol. The predicted octanol–water partition coefficient (Wildman–Crippen LogP) is 3.18. The summed E-state index contributed by atoms with van der Waals surface area (Å²) in [5, 5.41) is 0. The van der Waals surface area contributed by atoms with Crippen molar-refractivity contribution in [2.45, 2.75) is 33.2 Å². The molecule has 0 aliphatic heterocycles. The lowest BCUT2D eigenvalue weighted by molar-refractivity contribution is -0.934. The van der Waals surface area contributed by atoms with Crippen molar-refractivity contribution in [3.05, 3.63) is 0 Å². The second-order valence-electron chi connectivity index (χ2n) is 4.67. The Labute approximate surface area is 83.8 Å². The molecule has 0 radical (unpaired) electrons. The topological polar surface area (TPSA) is 0 Å². The van der Waals surface area contributed by atoms with Crippen LogP contribution >= 0.6 is 0 Å². The van der Waals surface area contributed by atoms with E-state index in [2.05, 4.69) is 41.8 Å². The molecule has 0 aromatic carbocycles. The Morgan fingerprint density at radius 2 is 1.21 bits per heavy atom. The molecule has 0 rings (SSSR count). The van der Waals surface area contributed by atoms with Crippen molar-refractivity contribution >= 4 is 7.25 Å². The van der Waals surface area contributed by atoms with Gasteiger partial charge in [-0.15, -0.1) is 0 Å². The lowest BCUT2D eigenvalue weighted by atomic mass is 10.0. The molecule has 0 aromatic heterocycles. The van der Waals surface area contributed by atoms with Crippen molar-refractivity contribution in [2.75, 3.05) is 20.6 Å². The van der Waals surface area contributed by atoms with Crippen molar-refractivity contribution < 1.29 is 21.7 Å². The van der Waals surface area contributed by atoms with E-state index in [4.69, 9.17) is 0 Å². The summed E-state index contributed by atoms with van der Waals surface area (Å²) in [4.78, 5) is 0. The number of rotatable bonds is 1. The first kappa shape index (κ1) is 16.2. The number of halogens is 4. The van der Waals surface area contributed by atoms with E-state index in [9.17, 15) is 17.3 Å². The highest BCUT2D eigenvalue weighted by Gasteiger charge is 2.29. The second-order valence-corrected chi connectivity index (χ2v) is 4.67. The molecule has 0 fully saturated rings. The normalized spacial score (nSPS) is 13.3. The first-order valence-electron chi connectivity index (χ1n) is 4.51. The minimum Gasteiger partial charge on any atom is -0.418 e. The summed E-state index contributed by atoms with van der Waals surface area (Å²) in [5.74, 6) is 0. The van der Waals surface area contributed by atoms with Crippen molar-refractivity contribution in [3.63, 3.8) is 0 Å². The number of hydrogen-bond donors (Lipinski definition) is 0. The van der Waals surface area contributed by atoms with E-state index in [0.717, 1.165) is 4.48 Å². The molecule has 0 aliphatic rings. The molecule has 14 heavy (non-hydrogen) atoms. The first-order chi connectivity index (χ1) is 5.81. The van der Waals surface area contributed by atoms with Crippen molar-refractivity contribution in [1.29, 1.82) is 0 Å². The Morgan fingerprint density at radius 1 is 1.00 bits per heavy atom. The van der Waals surface area contributed by atoms with E-state index >= 15 is 0 Å². The van der Waals surface area contributed by atoms with Gasteiger partial charge in [0.25, 0.3) is 0 Å². The number of hydrogen-bond acceptors (Lipinski definition) is 0. The summed E-state index contributed by atoms with van der Waals surface area (Å²) < 4.78 is 40.1. The van der Waals surface area contributed by atoms with Crippen LogP contribution in [0.3, 0.4) is 0 Å². The lowest BCUT2D eigenvalue weighted by Gasteiger charge is -2.41. The van der Waals surface area contributed by atoms with E-state index in [-0.39, 0.29) is 0 Å². The zero-order valence-electron chi connectivity index (χ0n) is 9.74. The first-order valence-corrected chi connectivity index (χ1v) is 4.51. The Bertz CT molecular complexity index is 154. The molecule has 0 atom stereocenters. The van der Waals surface area contributed by atoms with Gasteiger partial charge in [-0.2, -0.15) is 0 Å². The van der Waals surface area contributed by atoms with E-state index in [1.54, 1.807) is 0 Å². The van der Waals surface area contributed by atoms with Crippen LogP contribution in [0.1, 0.15) is 27.7 Å². The molecule has 0 heterocycles. The predicted molar refractivity (Wildman–Crippen MR) is 52.6 cm³/mol. The molecule has 6 heteroatoms. The Balaban J connectivity index is 0. The fraction of sp³-hybridized carbons (Fsp3) is 1.00. The van der Waals surface area contributed by atoms with E-state index in [1.165, 1.54) is 6.54 Å². The molecular formula is C8H20BF4N. The van der Waals surface area contributed by atoms with Crippen LogP contribution in [0.2, 0.25) is 0 Å². The minimum absolute atomic E-state index is 0.384. The summed E-state index contributed by atoms with van der Waals surface area (Å²) in [6, 6.07) is 0. The standard InChI is InChI=1S/C8H20N.BF4/c1-7-9(5,6)8(2,3)4;2-1(3,4)5/h7H2,1-6H3;/q+1;-1. The largest absolute Gasteiger partial charge is 0.673 e. The molecule has 0 N–H and O–H groups in total. The quantitative estimate of drug-likeness (QED) is 0.359. The van der Waals surface area contributed by atoms with Crippen molar-refractivity contribution in [2.24, 2.45) is 0 Å². The van der Waals surface area contributed by atoms with Crippen LogP contribution in [0.15, 0.2) is 0 Å². The van der Waals surface area contributed by atoms with Crippen LogP contribution < -0.4 is 0 Å². The third-order valence-electron chi connectivity index (χ3n) is 2.61. The van der Waals surface area contributed by atoms with Gasteiger partial charge in [0.1, 0.15) is 0 Å². The van der Waals surface area contributed by atoms with Gasteiger partial charge in [-0.3, -0.25) is 0 Å². The van der Waals surface area contributed by atoms with Gasteiger partial charge in [-0.1, -0.05) is 0 Å². The van der Waals surface area contributed by atoms with Crippen LogP contribution in [0.4, 0.5) is 17.3 Å². The molecule has 0 amide bonds. The van der Waals surface area contributed by atoms with Gasteiger partial charge >= 0.3 is 7.25 Å². The smallest absolute Gasteiger partial charge is 0.418 e. The van der Waals surface area contributed by atoms with Crippen LogP contribution in [-0.2, 0) is 0 Å². The van der Waals surface area contributed by atoms with Gasteiger partial charge in [0.2, 0.25) is 0 Å². The van der Waals surface area contributed by atoms with Crippen LogP contribution in [-0.4, -0.2) is 37.9 Å². The van der Waals surface area contributed by atoms with Crippen molar-refractivity contribution in [1.82, 2.24) is 0 Å². The maximum absolute atomic E-state index is 9.75. The second kappa shape index (κ2) is 5.00. The van der Waals surface area contributed by atoms with E-state index in [1.807, 2.05) is 0 Å². The average Bonchev–Trinajstić information content (AvgIpc) is 1.81. The molecule has 0 spiro atoms. The lowest BCUT2D eigenvalue weighted by Crippen LogP contribution is -2.53. The number of nitrogens with zero attached hydrogens (tertiary/aromatic N) is 1.